The van der Waals surface area contributed by atoms with Crippen LogP contribution in [0.1, 0.15) is 15.9 Å². The number of nitrogens with one attached hydrogen (secondary N) is 1. The number of aromatic hydroxyl groups is 1. The van der Waals surface area contributed by atoms with Crippen molar-refractivity contribution in [2.24, 2.45) is 0 Å². The SMILES string of the molecule is Nc1cc(C(=O)NCc2ccccc2O)ccc1Cl. The van der Waals surface area contributed by atoms with Crippen molar-refractivity contribution in [2.45, 2.75) is 6.54 Å². The van der Waals surface area contributed by atoms with Gasteiger partial charge in [0.15, 0.2) is 0 Å². The zero-order chi connectivity index (χ0) is 13.8. The molecule has 4 N–H and O–H groups in total. The Morgan fingerprint density at radius 3 is 2.68 bits per heavy atom. The molecule has 2 rings (SSSR count). The van der Waals surface area contributed by atoms with Gasteiger partial charge in [0.2, 0.25) is 0 Å². The van der Waals surface area contributed by atoms with Crippen LogP contribution in [0.25, 0.3) is 0 Å². The number of nitrogens with two attached hydrogens (primary N) is 1. The van der Waals surface area contributed by atoms with Gasteiger partial charge in [0.05, 0.1) is 10.7 Å². The van der Waals surface area contributed by atoms with E-state index < -0.39 is 0 Å². The van der Waals surface area contributed by atoms with Gasteiger partial charge in [-0.15, -0.1) is 0 Å². The first kappa shape index (κ1) is 13.2. The van der Waals surface area contributed by atoms with Crippen molar-refractivity contribution in [2.75, 3.05) is 5.73 Å². The Labute approximate surface area is 115 Å². The van der Waals surface area contributed by atoms with E-state index >= 15 is 0 Å². The van der Waals surface area contributed by atoms with Crippen LogP contribution < -0.4 is 11.1 Å². The number of amides is 1. The molecule has 0 unspecified atom stereocenters. The summed E-state index contributed by atoms with van der Waals surface area (Å²) in [6.07, 6.45) is 0. The minimum absolute atomic E-state index is 0.151. The molecule has 0 spiro atoms. The van der Waals surface area contributed by atoms with Gasteiger partial charge < -0.3 is 16.2 Å². The normalized spacial score (nSPS) is 10.2. The zero-order valence-corrected chi connectivity index (χ0v) is 10.8. The molecule has 0 saturated heterocycles. The van der Waals surface area contributed by atoms with E-state index in [4.69, 9.17) is 17.3 Å². The Bertz CT molecular complexity index is 614. The van der Waals surface area contributed by atoms with Gasteiger partial charge in [-0.1, -0.05) is 29.8 Å². The molecule has 5 heteroatoms. The number of halogens is 1. The summed E-state index contributed by atoms with van der Waals surface area (Å²) < 4.78 is 0. The summed E-state index contributed by atoms with van der Waals surface area (Å²) in [6, 6.07) is 11.5. The Morgan fingerprint density at radius 1 is 1.26 bits per heavy atom. The fraction of sp³-hybridized carbons (Fsp3) is 0.0714. The van der Waals surface area contributed by atoms with Crippen molar-refractivity contribution in [3.05, 3.63) is 58.6 Å². The summed E-state index contributed by atoms with van der Waals surface area (Å²) in [7, 11) is 0. The van der Waals surface area contributed by atoms with Crippen molar-refractivity contribution in [1.29, 1.82) is 0 Å². The minimum atomic E-state index is -0.272. The largest absolute Gasteiger partial charge is 0.508 e. The molecule has 4 nitrogen and oxygen atoms in total. The molecule has 0 aliphatic carbocycles. The number of nitrogen functional groups attached to an aromatic ring is 1. The maximum atomic E-state index is 11.9. The van der Waals surface area contributed by atoms with E-state index in [-0.39, 0.29) is 18.2 Å². The van der Waals surface area contributed by atoms with Crippen LogP contribution in [-0.2, 0) is 6.54 Å². The minimum Gasteiger partial charge on any atom is -0.508 e. The van der Waals surface area contributed by atoms with Crippen LogP contribution in [0.15, 0.2) is 42.5 Å². The van der Waals surface area contributed by atoms with Crippen molar-refractivity contribution >= 4 is 23.2 Å². The quantitative estimate of drug-likeness (QED) is 0.754. The second-order valence-electron chi connectivity index (χ2n) is 4.05. The Balaban J connectivity index is 2.05. The van der Waals surface area contributed by atoms with Crippen LogP contribution in [0.4, 0.5) is 5.69 Å². The summed E-state index contributed by atoms with van der Waals surface area (Å²) in [5.41, 5.74) is 7.07. The maximum Gasteiger partial charge on any atom is 0.251 e. The molecule has 0 aliphatic rings. The first-order valence-electron chi connectivity index (χ1n) is 5.68. The Morgan fingerprint density at radius 2 is 2.00 bits per heavy atom. The number of anilines is 1. The second-order valence-corrected chi connectivity index (χ2v) is 4.45. The molecule has 0 atom stereocenters. The number of rotatable bonds is 3. The summed E-state index contributed by atoms with van der Waals surface area (Å²) in [5, 5.41) is 12.7. The predicted molar refractivity (Wildman–Crippen MR) is 75.1 cm³/mol. The molecule has 0 radical (unpaired) electrons. The highest BCUT2D eigenvalue weighted by molar-refractivity contribution is 6.33. The van der Waals surface area contributed by atoms with Gasteiger partial charge in [0, 0.05) is 17.7 Å². The number of para-hydroxylation sites is 1. The van der Waals surface area contributed by atoms with Gasteiger partial charge in [-0.3, -0.25) is 4.79 Å². The van der Waals surface area contributed by atoms with Crippen molar-refractivity contribution in [3.8, 4) is 5.75 Å². The Hall–Kier alpha value is -2.20. The van der Waals surface area contributed by atoms with Crippen LogP contribution in [0.3, 0.4) is 0 Å². The average Bonchev–Trinajstić information content (AvgIpc) is 2.40. The van der Waals surface area contributed by atoms with Gasteiger partial charge in [0.1, 0.15) is 5.75 Å². The average molecular weight is 277 g/mol. The van der Waals surface area contributed by atoms with E-state index in [0.717, 1.165) is 0 Å². The molecule has 0 aromatic heterocycles. The fourth-order valence-electron chi connectivity index (χ4n) is 1.62. The van der Waals surface area contributed by atoms with E-state index in [1.165, 1.54) is 6.07 Å². The number of carbonyl (C=O) groups is 1. The van der Waals surface area contributed by atoms with Gasteiger partial charge in [0.25, 0.3) is 5.91 Å². The highest BCUT2D eigenvalue weighted by Gasteiger charge is 2.08. The van der Waals surface area contributed by atoms with Crippen molar-refractivity contribution in [3.63, 3.8) is 0 Å². The fourth-order valence-corrected chi connectivity index (χ4v) is 1.74. The first-order valence-corrected chi connectivity index (χ1v) is 6.06. The lowest BCUT2D eigenvalue weighted by atomic mass is 10.1. The highest BCUT2D eigenvalue weighted by Crippen LogP contribution is 2.20. The molecular weight excluding hydrogens is 264 g/mol. The van der Waals surface area contributed by atoms with Gasteiger partial charge >= 0.3 is 0 Å². The summed E-state index contributed by atoms with van der Waals surface area (Å²) in [4.78, 5) is 11.9. The molecule has 98 valence electrons. The molecule has 1 amide bonds. The molecule has 0 saturated carbocycles. The van der Waals surface area contributed by atoms with Gasteiger partial charge in [-0.2, -0.15) is 0 Å². The third-order valence-electron chi connectivity index (χ3n) is 2.69. The number of benzene rings is 2. The topological polar surface area (TPSA) is 75.4 Å². The molecule has 0 heterocycles. The van der Waals surface area contributed by atoms with E-state index in [9.17, 15) is 9.90 Å². The smallest absolute Gasteiger partial charge is 0.251 e. The van der Waals surface area contributed by atoms with Crippen LogP contribution in [0, 0.1) is 0 Å². The highest BCUT2D eigenvalue weighted by atomic mass is 35.5. The summed E-state index contributed by atoms with van der Waals surface area (Å²) in [5.74, 6) is -0.120. The number of hydrogen-bond acceptors (Lipinski definition) is 3. The molecule has 19 heavy (non-hydrogen) atoms. The van der Waals surface area contributed by atoms with Gasteiger partial charge in [-0.25, -0.2) is 0 Å². The lowest BCUT2D eigenvalue weighted by Gasteiger charge is -2.08. The van der Waals surface area contributed by atoms with E-state index in [0.29, 0.717) is 21.8 Å². The Kier molecular flexibility index (Phi) is 3.92. The van der Waals surface area contributed by atoms with Crippen LogP contribution in [0.5, 0.6) is 5.75 Å². The first-order chi connectivity index (χ1) is 9.08. The molecule has 2 aromatic carbocycles. The number of hydrogen-bond donors (Lipinski definition) is 3. The molecular formula is C14H13ClN2O2. The predicted octanol–water partition coefficient (Wildman–Crippen LogP) is 2.56. The molecule has 0 bridgehead atoms. The van der Waals surface area contributed by atoms with Crippen molar-refractivity contribution in [1.82, 2.24) is 5.32 Å². The number of phenolic OH excluding ortho intramolecular Hbond substituents is 1. The lowest BCUT2D eigenvalue weighted by molar-refractivity contribution is 0.0951. The number of phenols is 1. The van der Waals surface area contributed by atoms with E-state index in [2.05, 4.69) is 5.32 Å². The summed E-state index contributed by atoms with van der Waals surface area (Å²) >= 11 is 5.79. The zero-order valence-electron chi connectivity index (χ0n) is 10.1. The third kappa shape index (κ3) is 3.17. The molecule has 0 aliphatic heterocycles. The number of carbonyl (C=O) groups excluding carboxylic acids is 1. The van der Waals surface area contributed by atoms with E-state index in [1.54, 1.807) is 36.4 Å². The lowest BCUT2D eigenvalue weighted by Crippen LogP contribution is -2.22. The molecule has 2 aromatic rings. The van der Waals surface area contributed by atoms with E-state index in [1.807, 2.05) is 0 Å². The standard InChI is InChI=1S/C14H13ClN2O2/c15-11-6-5-9(7-12(11)16)14(19)17-8-10-3-1-2-4-13(10)18/h1-7,18H,8,16H2,(H,17,19). The second kappa shape index (κ2) is 5.63. The van der Waals surface area contributed by atoms with Gasteiger partial charge in [-0.05, 0) is 24.3 Å². The summed E-state index contributed by atoms with van der Waals surface area (Å²) in [6.45, 7) is 0.244. The molecule has 0 fully saturated rings. The van der Waals surface area contributed by atoms with Crippen LogP contribution in [-0.4, -0.2) is 11.0 Å². The van der Waals surface area contributed by atoms with Crippen LogP contribution >= 0.6 is 11.6 Å². The van der Waals surface area contributed by atoms with Crippen LogP contribution in [0.2, 0.25) is 5.02 Å². The van der Waals surface area contributed by atoms with Crippen molar-refractivity contribution < 1.29 is 9.90 Å². The third-order valence-corrected chi connectivity index (χ3v) is 3.03. The maximum absolute atomic E-state index is 11.9. The monoisotopic (exact) mass is 276 g/mol.